The monoisotopic (exact) mass is 438 g/mol. The van der Waals surface area contributed by atoms with Gasteiger partial charge < -0.3 is 14.7 Å². The molecule has 2 heterocycles. The number of aliphatic carboxylic acids is 1. The molecule has 174 valence electrons. The van der Waals surface area contributed by atoms with Crippen LogP contribution in [0.1, 0.15) is 63.4 Å². The number of piperidine rings is 1. The van der Waals surface area contributed by atoms with Gasteiger partial charge in [0.1, 0.15) is 5.75 Å². The van der Waals surface area contributed by atoms with E-state index in [1.54, 1.807) is 7.11 Å². The number of aryl methyl sites for hydroxylation is 1. The Kier molecular flexibility index (Phi) is 8.01. The number of nitrogens with zero attached hydrogens (tertiary/aromatic N) is 2. The molecule has 1 aliphatic heterocycles. The maximum absolute atomic E-state index is 11.3. The van der Waals surface area contributed by atoms with Crippen molar-refractivity contribution in [2.45, 2.75) is 64.2 Å². The van der Waals surface area contributed by atoms with E-state index in [0.717, 1.165) is 43.0 Å². The van der Waals surface area contributed by atoms with Gasteiger partial charge in [-0.15, -0.1) is 0 Å². The quantitative estimate of drug-likeness (QED) is 0.526. The van der Waals surface area contributed by atoms with Gasteiger partial charge in [-0.05, 0) is 99.1 Å². The Balaban J connectivity index is 1.35. The molecule has 1 saturated carbocycles. The summed E-state index contributed by atoms with van der Waals surface area (Å²) in [6.45, 7) is 3.49. The lowest BCUT2D eigenvalue weighted by molar-refractivity contribution is -0.137. The fourth-order valence-corrected chi connectivity index (χ4v) is 5.98. The zero-order chi connectivity index (χ0) is 22.3. The van der Waals surface area contributed by atoms with Gasteiger partial charge >= 0.3 is 5.97 Å². The summed E-state index contributed by atoms with van der Waals surface area (Å²) < 4.78 is 5.41. The summed E-state index contributed by atoms with van der Waals surface area (Å²) in [5.74, 6) is 2.22. The number of benzene rings is 1. The lowest BCUT2D eigenvalue weighted by Gasteiger charge is -2.40. The van der Waals surface area contributed by atoms with Crippen LogP contribution in [-0.2, 0) is 11.2 Å². The summed E-state index contributed by atoms with van der Waals surface area (Å²) in [6.07, 6.45) is 13.1. The van der Waals surface area contributed by atoms with E-state index < -0.39 is 5.97 Å². The van der Waals surface area contributed by atoms with Crippen LogP contribution < -0.4 is 4.74 Å². The fourth-order valence-electron chi connectivity index (χ4n) is 5.98. The largest absolute Gasteiger partial charge is 0.497 e. The molecule has 2 fully saturated rings. The summed E-state index contributed by atoms with van der Waals surface area (Å²) >= 11 is 0. The summed E-state index contributed by atoms with van der Waals surface area (Å²) in [6, 6.07) is 8.22. The van der Waals surface area contributed by atoms with Gasteiger partial charge in [0.25, 0.3) is 0 Å². The summed E-state index contributed by atoms with van der Waals surface area (Å²) in [4.78, 5) is 18.4. The number of aromatic nitrogens is 1. The zero-order valence-electron chi connectivity index (χ0n) is 19.5. The number of hydrogen-bond donors (Lipinski definition) is 1. The molecule has 1 saturated heterocycles. The lowest BCUT2D eigenvalue weighted by atomic mass is 9.79. The molecule has 0 spiro atoms. The molecule has 2 aromatic rings. The molecule has 32 heavy (non-hydrogen) atoms. The van der Waals surface area contributed by atoms with Gasteiger partial charge in [0.05, 0.1) is 12.6 Å². The van der Waals surface area contributed by atoms with Crippen molar-refractivity contribution in [2.24, 2.45) is 17.8 Å². The first-order chi connectivity index (χ1) is 15.6. The van der Waals surface area contributed by atoms with Gasteiger partial charge in [-0.3, -0.25) is 9.78 Å². The highest BCUT2D eigenvalue weighted by Gasteiger charge is 2.30. The van der Waals surface area contributed by atoms with E-state index >= 15 is 0 Å². The third-order valence-corrected chi connectivity index (χ3v) is 7.76. The van der Waals surface area contributed by atoms with Gasteiger partial charge in [-0.25, -0.2) is 0 Å². The Hall–Kier alpha value is -2.14. The van der Waals surface area contributed by atoms with Crippen molar-refractivity contribution in [3.63, 3.8) is 0 Å². The molecule has 0 bridgehead atoms. The van der Waals surface area contributed by atoms with Crippen LogP contribution in [0.25, 0.3) is 10.9 Å². The third kappa shape index (κ3) is 6.00. The molecule has 1 aromatic carbocycles. The second-order valence-electron chi connectivity index (χ2n) is 9.90. The highest BCUT2D eigenvalue weighted by Crippen LogP contribution is 2.34. The Morgan fingerprint density at radius 2 is 2.00 bits per heavy atom. The highest BCUT2D eigenvalue weighted by atomic mass is 16.5. The van der Waals surface area contributed by atoms with Crippen molar-refractivity contribution in [3.05, 3.63) is 36.0 Å². The Morgan fingerprint density at radius 1 is 1.16 bits per heavy atom. The van der Waals surface area contributed by atoms with Crippen molar-refractivity contribution in [1.82, 2.24) is 9.88 Å². The number of hydrogen-bond acceptors (Lipinski definition) is 4. The molecule has 5 heteroatoms. The highest BCUT2D eigenvalue weighted by molar-refractivity contribution is 5.83. The molecule has 2 atom stereocenters. The van der Waals surface area contributed by atoms with Gasteiger partial charge in [-0.1, -0.05) is 12.8 Å². The molecule has 2 aliphatic rings. The maximum Gasteiger partial charge on any atom is 0.303 e. The first kappa shape index (κ1) is 23.0. The van der Waals surface area contributed by atoms with Crippen molar-refractivity contribution in [3.8, 4) is 5.75 Å². The topological polar surface area (TPSA) is 62.7 Å². The van der Waals surface area contributed by atoms with E-state index in [9.17, 15) is 9.90 Å². The van der Waals surface area contributed by atoms with Crippen LogP contribution >= 0.6 is 0 Å². The standard InChI is InChI=1S/C27H38N2O3/c1-32-24-10-11-26-25(17-24)22(13-15-28-26)8-4-7-21-14-16-29(18-20-5-2-3-6-20)19-23(21)9-12-27(30)31/h10-11,13,15,17,20-21,23H,2-9,12,14,16,18-19H2,1H3,(H,30,31). The Bertz CT molecular complexity index is 894. The number of likely N-dealkylation sites (tertiary alicyclic amines) is 1. The molecule has 2 unspecified atom stereocenters. The second kappa shape index (κ2) is 11.1. The maximum atomic E-state index is 11.3. The molecule has 0 radical (unpaired) electrons. The van der Waals surface area contributed by atoms with Crippen LogP contribution in [0.5, 0.6) is 5.75 Å². The van der Waals surface area contributed by atoms with Gasteiger partial charge in [0.2, 0.25) is 0 Å². The van der Waals surface area contributed by atoms with Crippen LogP contribution in [0, 0.1) is 17.8 Å². The molecular formula is C27H38N2O3. The van der Waals surface area contributed by atoms with Gasteiger partial charge in [0.15, 0.2) is 0 Å². The minimum Gasteiger partial charge on any atom is -0.497 e. The predicted molar refractivity (Wildman–Crippen MR) is 128 cm³/mol. The summed E-state index contributed by atoms with van der Waals surface area (Å²) in [7, 11) is 1.70. The van der Waals surface area contributed by atoms with Crippen molar-refractivity contribution in [2.75, 3.05) is 26.7 Å². The smallest absolute Gasteiger partial charge is 0.303 e. The van der Waals surface area contributed by atoms with Crippen LogP contribution in [0.2, 0.25) is 0 Å². The number of rotatable bonds is 10. The SMILES string of the molecule is COc1ccc2nccc(CCCC3CCN(CC4CCCC4)CC3CCC(=O)O)c2c1. The molecule has 1 aliphatic carbocycles. The van der Waals surface area contributed by atoms with Gasteiger partial charge in [0, 0.05) is 31.1 Å². The minimum atomic E-state index is -0.658. The molecule has 4 rings (SSSR count). The van der Waals surface area contributed by atoms with E-state index in [1.165, 1.54) is 62.6 Å². The fraction of sp³-hybridized carbons (Fsp3) is 0.630. The van der Waals surface area contributed by atoms with Crippen molar-refractivity contribution >= 4 is 16.9 Å². The van der Waals surface area contributed by atoms with Gasteiger partial charge in [-0.2, -0.15) is 0 Å². The lowest BCUT2D eigenvalue weighted by Crippen LogP contribution is -2.42. The molecule has 1 aromatic heterocycles. The van der Waals surface area contributed by atoms with Crippen molar-refractivity contribution < 1.29 is 14.6 Å². The summed E-state index contributed by atoms with van der Waals surface area (Å²) in [5.41, 5.74) is 2.34. The third-order valence-electron chi connectivity index (χ3n) is 7.76. The average Bonchev–Trinajstić information content (AvgIpc) is 3.31. The molecule has 0 amide bonds. The number of carbonyl (C=O) groups is 1. The second-order valence-corrected chi connectivity index (χ2v) is 9.90. The number of pyridine rings is 1. The summed E-state index contributed by atoms with van der Waals surface area (Å²) in [5, 5.41) is 10.4. The average molecular weight is 439 g/mol. The van der Waals surface area contributed by atoms with Crippen LogP contribution in [0.3, 0.4) is 0 Å². The predicted octanol–water partition coefficient (Wildman–Crippen LogP) is 5.56. The van der Waals surface area contributed by atoms with Crippen LogP contribution in [0.4, 0.5) is 0 Å². The first-order valence-electron chi connectivity index (χ1n) is 12.5. The van der Waals surface area contributed by atoms with E-state index in [2.05, 4.69) is 22.0 Å². The van der Waals surface area contributed by atoms with Crippen molar-refractivity contribution in [1.29, 1.82) is 0 Å². The normalized spacial score (nSPS) is 22.4. The zero-order valence-corrected chi connectivity index (χ0v) is 19.5. The van der Waals surface area contributed by atoms with Crippen LogP contribution in [-0.4, -0.2) is 47.7 Å². The van der Waals surface area contributed by atoms with Crippen LogP contribution in [0.15, 0.2) is 30.5 Å². The first-order valence-corrected chi connectivity index (χ1v) is 12.5. The number of methoxy groups -OCH3 is 1. The van der Waals surface area contributed by atoms with E-state index in [0.29, 0.717) is 18.3 Å². The van der Waals surface area contributed by atoms with E-state index in [4.69, 9.17) is 4.74 Å². The Morgan fingerprint density at radius 3 is 2.78 bits per heavy atom. The number of carboxylic acids is 1. The van der Waals surface area contributed by atoms with E-state index in [1.807, 2.05) is 18.3 Å². The molecule has 5 nitrogen and oxygen atoms in total. The molecular weight excluding hydrogens is 400 g/mol. The molecule has 1 N–H and O–H groups in total. The number of carboxylic acid groups (broad SMARTS) is 1. The Labute approximate surface area is 192 Å². The number of fused-ring (bicyclic) bond motifs is 1. The number of ether oxygens (including phenoxy) is 1. The van der Waals surface area contributed by atoms with E-state index in [-0.39, 0.29) is 0 Å². The minimum absolute atomic E-state index is 0.299.